The van der Waals surface area contributed by atoms with Gasteiger partial charge in [0.05, 0.1) is 5.84 Å². The van der Waals surface area contributed by atoms with Gasteiger partial charge in [-0.15, -0.1) is 0 Å². The molecule has 1 saturated carbocycles. The van der Waals surface area contributed by atoms with Gasteiger partial charge in [-0.25, -0.2) is 0 Å². The van der Waals surface area contributed by atoms with Crippen LogP contribution in [0, 0.1) is 5.41 Å². The minimum Gasteiger partial charge on any atom is -0.388 e. The minimum absolute atomic E-state index is 0.0415. The highest BCUT2D eigenvalue weighted by Gasteiger charge is 2.28. The lowest BCUT2D eigenvalue weighted by Gasteiger charge is -2.22. The third-order valence-electron chi connectivity index (χ3n) is 3.26. The molecule has 5 heteroatoms. The molecule has 0 spiro atoms. The van der Waals surface area contributed by atoms with Crippen LogP contribution in [0.1, 0.15) is 19.3 Å². The molecule has 0 saturated heterocycles. The average Bonchev–Trinajstić information content (AvgIpc) is 3.15. The maximum absolute atomic E-state index is 11.6. The normalized spacial score (nSPS) is 14.9. The van der Waals surface area contributed by atoms with Crippen LogP contribution in [0.25, 0.3) is 0 Å². The Labute approximate surface area is 107 Å². The van der Waals surface area contributed by atoms with Gasteiger partial charge in [-0.1, -0.05) is 6.07 Å². The number of amidine groups is 1. The number of pyridine rings is 1. The molecule has 1 aliphatic rings. The second-order valence-corrected chi connectivity index (χ2v) is 4.77. The van der Waals surface area contributed by atoms with Crippen LogP contribution >= 0.6 is 0 Å². The number of aromatic nitrogens is 1. The standard InChI is InChI=1S/C13H20N4O/c14-12(15)6-8-16(11-4-5-11)9-10-17-7-2-1-3-13(17)18/h1-3,7,11H,4-6,8-10H2,(H3,14,15). The van der Waals surface area contributed by atoms with Crippen LogP contribution in [0.4, 0.5) is 0 Å². The van der Waals surface area contributed by atoms with Crippen molar-refractivity contribution in [3.8, 4) is 0 Å². The molecule has 0 unspecified atom stereocenters. The SMILES string of the molecule is N=C(N)CCN(CCn1ccccc1=O)C1CC1. The van der Waals surface area contributed by atoms with E-state index < -0.39 is 0 Å². The summed E-state index contributed by atoms with van der Waals surface area (Å²) >= 11 is 0. The van der Waals surface area contributed by atoms with Gasteiger partial charge in [0.25, 0.3) is 5.56 Å². The molecule has 0 bridgehead atoms. The fourth-order valence-corrected chi connectivity index (χ4v) is 2.06. The number of nitrogens with one attached hydrogen (secondary N) is 1. The van der Waals surface area contributed by atoms with Gasteiger partial charge in [0.2, 0.25) is 0 Å². The van der Waals surface area contributed by atoms with E-state index >= 15 is 0 Å². The Balaban J connectivity index is 1.88. The summed E-state index contributed by atoms with van der Waals surface area (Å²) in [5.41, 5.74) is 5.44. The highest BCUT2D eigenvalue weighted by atomic mass is 16.1. The van der Waals surface area contributed by atoms with E-state index in [9.17, 15) is 4.79 Å². The molecule has 0 amide bonds. The summed E-state index contributed by atoms with van der Waals surface area (Å²) in [4.78, 5) is 13.9. The van der Waals surface area contributed by atoms with Crippen molar-refractivity contribution in [1.82, 2.24) is 9.47 Å². The van der Waals surface area contributed by atoms with Crippen LogP contribution in [0.2, 0.25) is 0 Å². The predicted molar refractivity (Wildman–Crippen MR) is 71.8 cm³/mol. The molecule has 98 valence electrons. The van der Waals surface area contributed by atoms with Crippen LogP contribution in [0.3, 0.4) is 0 Å². The van der Waals surface area contributed by atoms with Crippen molar-refractivity contribution in [2.75, 3.05) is 13.1 Å². The van der Waals surface area contributed by atoms with Crippen molar-refractivity contribution in [3.63, 3.8) is 0 Å². The van der Waals surface area contributed by atoms with E-state index in [2.05, 4.69) is 4.90 Å². The van der Waals surface area contributed by atoms with Crippen molar-refractivity contribution in [2.45, 2.75) is 31.8 Å². The molecular weight excluding hydrogens is 228 g/mol. The number of rotatable bonds is 7. The molecule has 0 radical (unpaired) electrons. The van der Waals surface area contributed by atoms with E-state index in [1.807, 2.05) is 12.3 Å². The van der Waals surface area contributed by atoms with E-state index in [1.165, 1.54) is 12.8 Å². The summed E-state index contributed by atoms with van der Waals surface area (Å²) in [7, 11) is 0. The molecule has 1 fully saturated rings. The molecule has 1 aromatic heterocycles. The number of nitrogens with two attached hydrogens (primary N) is 1. The monoisotopic (exact) mass is 248 g/mol. The zero-order chi connectivity index (χ0) is 13.0. The Morgan fingerprint density at radius 1 is 1.44 bits per heavy atom. The third-order valence-corrected chi connectivity index (χ3v) is 3.26. The second kappa shape index (κ2) is 5.82. The smallest absolute Gasteiger partial charge is 0.250 e. The predicted octanol–water partition coefficient (Wildman–Crippen LogP) is 0.639. The van der Waals surface area contributed by atoms with Gasteiger partial charge >= 0.3 is 0 Å². The fourth-order valence-electron chi connectivity index (χ4n) is 2.06. The first-order valence-electron chi connectivity index (χ1n) is 6.39. The van der Waals surface area contributed by atoms with Gasteiger partial charge < -0.3 is 10.3 Å². The Morgan fingerprint density at radius 3 is 2.83 bits per heavy atom. The molecule has 1 heterocycles. The van der Waals surface area contributed by atoms with E-state index in [1.54, 1.807) is 16.7 Å². The first-order valence-corrected chi connectivity index (χ1v) is 6.39. The topological polar surface area (TPSA) is 75.1 Å². The zero-order valence-corrected chi connectivity index (χ0v) is 10.5. The second-order valence-electron chi connectivity index (χ2n) is 4.77. The van der Waals surface area contributed by atoms with Gasteiger partial charge in [-0.2, -0.15) is 0 Å². The van der Waals surface area contributed by atoms with Crippen molar-refractivity contribution in [2.24, 2.45) is 5.73 Å². The van der Waals surface area contributed by atoms with Crippen molar-refractivity contribution < 1.29 is 0 Å². The number of hydrogen-bond donors (Lipinski definition) is 2. The summed E-state index contributed by atoms with van der Waals surface area (Å²) < 4.78 is 1.73. The summed E-state index contributed by atoms with van der Waals surface area (Å²) in [6.45, 7) is 2.37. The summed E-state index contributed by atoms with van der Waals surface area (Å²) in [5, 5.41) is 7.28. The maximum Gasteiger partial charge on any atom is 0.250 e. The Bertz CT molecular complexity index is 464. The molecule has 0 atom stereocenters. The van der Waals surface area contributed by atoms with E-state index in [4.69, 9.17) is 11.1 Å². The molecule has 18 heavy (non-hydrogen) atoms. The van der Waals surface area contributed by atoms with E-state index in [0.29, 0.717) is 19.0 Å². The number of nitrogens with zero attached hydrogens (tertiary/aromatic N) is 2. The molecule has 1 aromatic rings. The van der Waals surface area contributed by atoms with Crippen LogP contribution in [0.15, 0.2) is 29.2 Å². The molecule has 1 aliphatic carbocycles. The van der Waals surface area contributed by atoms with Crippen LogP contribution in [-0.4, -0.2) is 34.4 Å². The first-order chi connectivity index (χ1) is 8.66. The minimum atomic E-state index is 0.0415. The lowest BCUT2D eigenvalue weighted by atomic mass is 10.3. The van der Waals surface area contributed by atoms with Crippen molar-refractivity contribution in [1.29, 1.82) is 5.41 Å². The van der Waals surface area contributed by atoms with Gasteiger partial charge in [-0.3, -0.25) is 15.1 Å². The third kappa shape index (κ3) is 3.70. The molecule has 5 nitrogen and oxygen atoms in total. The highest BCUT2D eigenvalue weighted by molar-refractivity contribution is 5.76. The Morgan fingerprint density at radius 2 is 2.22 bits per heavy atom. The van der Waals surface area contributed by atoms with Crippen LogP contribution < -0.4 is 11.3 Å². The van der Waals surface area contributed by atoms with Crippen LogP contribution in [0.5, 0.6) is 0 Å². The lowest BCUT2D eigenvalue weighted by Crippen LogP contribution is -2.34. The Kier molecular flexibility index (Phi) is 4.15. The first kappa shape index (κ1) is 12.8. The van der Waals surface area contributed by atoms with Crippen molar-refractivity contribution in [3.05, 3.63) is 34.7 Å². The Hall–Kier alpha value is -1.62. The zero-order valence-electron chi connectivity index (χ0n) is 10.5. The molecule has 3 N–H and O–H groups in total. The maximum atomic E-state index is 11.6. The lowest BCUT2D eigenvalue weighted by molar-refractivity contribution is 0.258. The summed E-state index contributed by atoms with van der Waals surface area (Å²) in [6.07, 6.45) is 4.88. The van der Waals surface area contributed by atoms with Crippen LogP contribution in [-0.2, 0) is 6.54 Å². The molecule has 0 aromatic carbocycles. The largest absolute Gasteiger partial charge is 0.388 e. The molecular formula is C13H20N4O. The van der Waals surface area contributed by atoms with E-state index in [-0.39, 0.29) is 11.4 Å². The highest BCUT2D eigenvalue weighted by Crippen LogP contribution is 2.26. The molecule has 0 aliphatic heterocycles. The molecule has 2 rings (SSSR count). The number of hydrogen-bond acceptors (Lipinski definition) is 3. The van der Waals surface area contributed by atoms with Crippen molar-refractivity contribution >= 4 is 5.84 Å². The van der Waals surface area contributed by atoms with Gasteiger partial charge in [-0.05, 0) is 18.9 Å². The summed E-state index contributed by atoms with van der Waals surface area (Å²) in [5.74, 6) is 0.234. The van der Waals surface area contributed by atoms with Gasteiger partial charge in [0, 0.05) is 44.4 Å². The van der Waals surface area contributed by atoms with E-state index in [0.717, 1.165) is 13.1 Å². The van der Waals surface area contributed by atoms with Gasteiger partial charge in [0.1, 0.15) is 0 Å². The van der Waals surface area contributed by atoms with Gasteiger partial charge in [0.15, 0.2) is 0 Å². The average molecular weight is 248 g/mol. The quantitative estimate of drug-likeness (QED) is 0.549. The fraction of sp³-hybridized carbons (Fsp3) is 0.538. The summed E-state index contributed by atoms with van der Waals surface area (Å²) in [6, 6.07) is 5.84.